The number of aryl methyl sites for hydroxylation is 1. The van der Waals surface area contributed by atoms with Gasteiger partial charge < -0.3 is 0 Å². The van der Waals surface area contributed by atoms with E-state index in [-0.39, 0.29) is 0 Å². The monoisotopic (exact) mass is 283 g/mol. The first-order chi connectivity index (χ1) is 9.83. The number of hydrogen-bond donors (Lipinski definition) is 1. The highest BCUT2D eigenvalue weighted by Crippen LogP contribution is 2.23. The third-order valence-electron chi connectivity index (χ3n) is 3.72. The molecular formula is C14H13N5S. The molecule has 20 heavy (non-hydrogen) atoms. The number of H-pyrrole nitrogens is 1. The Morgan fingerprint density at radius 3 is 2.95 bits per heavy atom. The summed E-state index contributed by atoms with van der Waals surface area (Å²) in [6, 6.07) is 1.98. The molecule has 5 nitrogen and oxygen atoms in total. The van der Waals surface area contributed by atoms with Crippen molar-refractivity contribution in [3.05, 3.63) is 40.6 Å². The average Bonchev–Trinajstić information content (AvgIpc) is 2.93. The third-order valence-corrected chi connectivity index (χ3v) is 4.15. The van der Waals surface area contributed by atoms with Crippen LogP contribution in [0.1, 0.15) is 24.1 Å². The van der Waals surface area contributed by atoms with Crippen LogP contribution in [0.3, 0.4) is 0 Å². The van der Waals surface area contributed by atoms with Gasteiger partial charge in [0.05, 0.1) is 11.9 Å². The summed E-state index contributed by atoms with van der Waals surface area (Å²) in [5.41, 5.74) is 4.92. The highest BCUT2D eigenvalue weighted by Gasteiger charge is 2.16. The van der Waals surface area contributed by atoms with E-state index in [2.05, 4.69) is 15.1 Å². The molecule has 0 unspecified atom stereocenters. The van der Waals surface area contributed by atoms with Gasteiger partial charge in [-0.3, -0.25) is 15.1 Å². The molecule has 0 radical (unpaired) electrons. The molecule has 4 rings (SSSR count). The molecule has 6 heteroatoms. The molecule has 100 valence electrons. The molecule has 1 aliphatic carbocycles. The van der Waals surface area contributed by atoms with Crippen LogP contribution in [0.2, 0.25) is 0 Å². The SMILES string of the molecule is S=c1c2c(nc3cc(-c4cnccn4)[nH]n13)CCCC2. The topological polar surface area (TPSA) is 58.9 Å². The summed E-state index contributed by atoms with van der Waals surface area (Å²) in [6.45, 7) is 0. The van der Waals surface area contributed by atoms with Crippen molar-refractivity contribution in [3.8, 4) is 11.4 Å². The maximum absolute atomic E-state index is 5.60. The van der Waals surface area contributed by atoms with Crippen LogP contribution in [0, 0.1) is 4.64 Å². The smallest absolute Gasteiger partial charge is 0.155 e. The summed E-state index contributed by atoms with van der Waals surface area (Å²) < 4.78 is 2.73. The Morgan fingerprint density at radius 2 is 2.10 bits per heavy atom. The van der Waals surface area contributed by atoms with Gasteiger partial charge in [-0.1, -0.05) is 12.2 Å². The maximum atomic E-state index is 5.60. The Kier molecular flexibility index (Phi) is 2.63. The minimum Gasteiger partial charge on any atom is -0.289 e. The van der Waals surface area contributed by atoms with E-state index in [0.29, 0.717) is 0 Å². The van der Waals surface area contributed by atoms with Gasteiger partial charge in [-0.05, 0) is 25.7 Å². The molecule has 0 saturated heterocycles. The first kappa shape index (κ1) is 11.7. The van der Waals surface area contributed by atoms with Crippen LogP contribution in [0.5, 0.6) is 0 Å². The number of aromatic amines is 1. The van der Waals surface area contributed by atoms with Crippen molar-refractivity contribution in [2.24, 2.45) is 0 Å². The Hall–Kier alpha value is -2.08. The van der Waals surface area contributed by atoms with Crippen LogP contribution >= 0.6 is 12.2 Å². The van der Waals surface area contributed by atoms with Gasteiger partial charge in [-0.25, -0.2) is 9.50 Å². The zero-order valence-corrected chi connectivity index (χ0v) is 11.7. The molecular weight excluding hydrogens is 270 g/mol. The standard InChI is InChI=1S/C14H13N5S/c20-14-9-3-1-2-4-10(9)17-13-7-11(18-19(13)14)12-8-15-5-6-16-12/h5-8,18H,1-4H2. The van der Waals surface area contributed by atoms with Crippen LogP contribution < -0.4 is 0 Å². The molecule has 0 saturated carbocycles. The Bertz CT molecular complexity index is 834. The zero-order chi connectivity index (χ0) is 13.5. The van der Waals surface area contributed by atoms with Crippen molar-refractivity contribution in [1.82, 2.24) is 24.6 Å². The molecule has 0 fully saturated rings. The fourth-order valence-corrected chi connectivity index (χ4v) is 3.09. The first-order valence-corrected chi connectivity index (χ1v) is 7.14. The van der Waals surface area contributed by atoms with E-state index in [4.69, 9.17) is 17.2 Å². The number of nitrogens with zero attached hydrogens (tertiary/aromatic N) is 4. The third kappa shape index (κ3) is 1.76. The fourth-order valence-electron chi connectivity index (χ4n) is 2.73. The van der Waals surface area contributed by atoms with Crippen molar-refractivity contribution in [2.45, 2.75) is 25.7 Å². The van der Waals surface area contributed by atoms with Crippen LogP contribution in [0.15, 0.2) is 24.7 Å². The second-order valence-corrected chi connectivity index (χ2v) is 5.39. The van der Waals surface area contributed by atoms with Crippen LogP contribution in [-0.2, 0) is 12.8 Å². The highest BCUT2D eigenvalue weighted by molar-refractivity contribution is 7.71. The lowest BCUT2D eigenvalue weighted by Crippen LogP contribution is -2.09. The lowest BCUT2D eigenvalue weighted by molar-refractivity contribution is 0.656. The van der Waals surface area contributed by atoms with Crippen molar-refractivity contribution in [3.63, 3.8) is 0 Å². The molecule has 3 heterocycles. The minimum atomic E-state index is 0.797. The summed E-state index contributed by atoms with van der Waals surface area (Å²) in [5, 5.41) is 3.28. The van der Waals surface area contributed by atoms with Gasteiger partial charge in [0.1, 0.15) is 10.3 Å². The summed E-state index contributed by atoms with van der Waals surface area (Å²) in [7, 11) is 0. The van der Waals surface area contributed by atoms with E-state index in [0.717, 1.165) is 40.2 Å². The fraction of sp³-hybridized carbons (Fsp3) is 0.286. The summed E-state index contributed by atoms with van der Waals surface area (Å²) >= 11 is 5.60. The van der Waals surface area contributed by atoms with E-state index in [9.17, 15) is 0 Å². The number of rotatable bonds is 1. The van der Waals surface area contributed by atoms with Gasteiger partial charge >= 0.3 is 0 Å². The molecule has 1 N–H and O–H groups in total. The van der Waals surface area contributed by atoms with E-state index < -0.39 is 0 Å². The van der Waals surface area contributed by atoms with Crippen molar-refractivity contribution < 1.29 is 0 Å². The highest BCUT2D eigenvalue weighted by atomic mass is 32.1. The molecule has 0 amide bonds. The van der Waals surface area contributed by atoms with Crippen molar-refractivity contribution in [2.75, 3.05) is 0 Å². The van der Waals surface area contributed by atoms with Crippen LogP contribution in [-0.4, -0.2) is 24.6 Å². The predicted octanol–water partition coefficient (Wildman–Crippen LogP) is 2.73. The largest absolute Gasteiger partial charge is 0.289 e. The minimum absolute atomic E-state index is 0.797. The molecule has 3 aromatic rings. The number of aromatic nitrogens is 5. The average molecular weight is 283 g/mol. The zero-order valence-electron chi connectivity index (χ0n) is 10.8. The number of nitrogens with one attached hydrogen (secondary N) is 1. The Morgan fingerprint density at radius 1 is 1.20 bits per heavy atom. The van der Waals surface area contributed by atoms with Gasteiger partial charge in [-0.15, -0.1) is 0 Å². The normalized spacial score (nSPS) is 14.4. The molecule has 0 bridgehead atoms. The van der Waals surface area contributed by atoms with Gasteiger partial charge in [0.25, 0.3) is 0 Å². The summed E-state index contributed by atoms with van der Waals surface area (Å²) in [6.07, 6.45) is 9.53. The summed E-state index contributed by atoms with van der Waals surface area (Å²) in [5.74, 6) is 0. The Labute approximate surface area is 120 Å². The molecule has 0 aromatic carbocycles. The van der Waals surface area contributed by atoms with E-state index in [1.54, 1.807) is 18.6 Å². The molecule has 0 aliphatic heterocycles. The van der Waals surface area contributed by atoms with Gasteiger partial charge in [0, 0.05) is 29.7 Å². The van der Waals surface area contributed by atoms with Gasteiger partial charge in [0.15, 0.2) is 5.65 Å². The lowest BCUT2D eigenvalue weighted by Gasteiger charge is -2.14. The predicted molar refractivity (Wildman–Crippen MR) is 78.0 cm³/mol. The first-order valence-electron chi connectivity index (χ1n) is 6.73. The molecule has 0 atom stereocenters. The lowest BCUT2D eigenvalue weighted by atomic mass is 9.97. The second-order valence-electron chi connectivity index (χ2n) is 5.00. The van der Waals surface area contributed by atoms with E-state index in [1.807, 2.05) is 10.6 Å². The molecule has 0 spiro atoms. The Balaban J connectivity index is 1.96. The maximum Gasteiger partial charge on any atom is 0.155 e. The van der Waals surface area contributed by atoms with Crippen molar-refractivity contribution in [1.29, 1.82) is 0 Å². The van der Waals surface area contributed by atoms with Gasteiger partial charge in [-0.2, -0.15) is 0 Å². The van der Waals surface area contributed by atoms with E-state index in [1.165, 1.54) is 18.4 Å². The quantitative estimate of drug-likeness (QED) is 0.698. The number of hydrogen-bond acceptors (Lipinski definition) is 4. The van der Waals surface area contributed by atoms with E-state index >= 15 is 0 Å². The molecule has 3 aromatic heterocycles. The number of fused-ring (bicyclic) bond motifs is 2. The van der Waals surface area contributed by atoms with Crippen LogP contribution in [0.4, 0.5) is 0 Å². The van der Waals surface area contributed by atoms with Crippen molar-refractivity contribution >= 4 is 17.9 Å². The summed E-state index contributed by atoms with van der Waals surface area (Å²) in [4.78, 5) is 13.1. The van der Waals surface area contributed by atoms with Crippen LogP contribution in [0.25, 0.3) is 17.0 Å². The molecule has 1 aliphatic rings. The van der Waals surface area contributed by atoms with Gasteiger partial charge in [0.2, 0.25) is 0 Å². The second kappa shape index (κ2) is 4.49.